The lowest BCUT2D eigenvalue weighted by Crippen LogP contribution is -2.42. The smallest absolute Gasteiger partial charge is 0.261 e. The monoisotopic (exact) mass is 365 g/mol. The van der Waals surface area contributed by atoms with Gasteiger partial charge in [-0.2, -0.15) is 0 Å². The Hall–Kier alpha value is -2.73. The average molecular weight is 365 g/mol. The topological polar surface area (TPSA) is 83.7 Å². The van der Waals surface area contributed by atoms with Gasteiger partial charge in [0.15, 0.2) is 0 Å². The maximum atomic E-state index is 12.8. The van der Waals surface area contributed by atoms with Gasteiger partial charge in [0.1, 0.15) is 0 Å². The summed E-state index contributed by atoms with van der Waals surface area (Å²) in [5.74, 6) is -0.502. The Labute approximate surface area is 157 Å². The summed E-state index contributed by atoms with van der Waals surface area (Å²) in [5.41, 5.74) is 6.84. The molecule has 1 saturated heterocycles. The molecular formula is C21H23N3O3. The normalized spacial score (nSPS) is 19.2. The third-order valence-electron chi connectivity index (χ3n) is 5.60. The van der Waals surface area contributed by atoms with Gasteiger partial charge in [0.25, 0.3) is 11.8 Å². The van der Waals surface area contributed by atoms with Crippen molar-refractivity contribution in [3.8, 4) is 0 Å². The molecule has 1 unspecified atom stereocenters. The van der Waals surface area contributed by atoms with Crippen LogP contribution in [0.25, 0.3) is 10.8 Å². The number of carbonyl (C=O) groups is 3. The molecule has 6 nitrogen and oxygen atoms in total. The second-order valence-corrected chi connectivity index (χ2v) is 7.19. The average Bonchev–Trinajstić information content (AvgIpc) is 3.17. The summed E-state index contributed by atoms with van der Waals surface area (Å²) in [4.78, 5) is 41.2. The van der Waals surface area contributed by atoms with E-state index in [1.807, 2.05) is 29.2 Å². The van der Waals surface area contributed by atoms with Crippen LogP contribution in [0.1, 0.15) is 46.4 Å². The summed E-state index contributed by atoms with van der Waals surface area (Å²) in [6, 6.07) is 11.1. The van der Waals surface area contributed by atoms with Crippen LogP contribution in [-0.4, -0.2) is 53.2 Å². The number of likely N-dealkylation sites (tertiary alicyclic amines) is 1. The standard InChI is InChI=1S/C21H23N3O3/c22-13-15-7-3-11-23(15)18(25)10-4-12-24-20(26)16-8-1-5-14-6-2-9-17(19(14)16)21(24)27/h1-2,5-6,8-9,15H,3-4,7,10-13,22H2. The molecule has 0 saturated carbocycles. The molecule has 2 aliphatic rings. The van der Waals surface area contributed by atoms with Crippen molar-refractivity contribution in [3.05, 3.63) is 47.5 Å². The molecular weight excluding hydrogens is 342 g/mol. The Kier molecular flexibility index (Phi) is 4.66. The van der Waals surface area contributed by atoms with Crippen LogP contribution < -0.4 is 5.73 Å². The van der Waals surface area contributed by atoms with Gasteiger partial charge < -0.3 is 10.6 Å². The number of nitrogens with zero attached hydrogens (tertiary/aromatic N) is 2. The zero-order valence-electron chi connectivity index (χ0n) is 15.2. The third-order valence-corrected chi connectivity index (χ3v) is 5.60. The van der Waals surface area contributed by atoms with Crippen LogP contribution in [0.3, 0.4) is 0 Å². The fourth-order valence-electron chi connectivity index (χ4n) is 4.22. The second-order valence-electron chi connectivity index (χ2n) is 7.19. The minimum Gasteiger partial charge on any atom is -0.338 e. The first-order chi connectivity index (χ1) is 13.1. The molecule has 27 heavy (non-hydrogen) atoms. The lowest BCUT2D eigenvalue weighted by molar-refractivity contribution is -0.132. The number of nitrogens with two attached hydrogens (primary N) is 1. The van der Waals surface area contributed by atoms with Crippen LogP contribution in [-0.2, 0) is 4.79 Å². The molecule has 2 aromatic rings. The summed E-state index contributed by atoms with van der Waals surface area (Å²) >= 11 is 0. The molecule has 1 atom stereocenters. The minimum absolute atomic E-state index is 0.0577. The number of hydrogen-bond acceptors (Lipinski definition) is 4. The number of imide groups is 1. The predicted molar refractivity (Wildman–Crippen MR) is 102 cm³/mol. The largest absolute Gasteiger partial charge is 0.338 e. The van der Waals surface area contributed by atoms with E-state index in [-0.39, 0.29) is 30.3 Å². The molecule has 2 aliphatic heterocycles. The van der Waals surface area contributed by atoms with Crippen molar-refractivity contribution in [2.24, 2.45) is 5.73 Å². The molecule has 0 aromatic heterocycles. The fourth-order valence-corrected chi connectivity index (χ4v) is 4.22. The Morgan fingerprint density at radius 3 is 2.37 bits per heavy atom. The third kappa shape index (κ3) is 3.00. The highest BCUT2D eigenvalue weighted by atomic mass is 16.2. The molecule has 0 bridgehead atoms. The van der Waals surface area contributed by atoms with Gasteiger partial charge in [-0.15, -0.1) is 0 Å². The summed E-state index contributed by atoms with van der Waals surface area (Å²) in [7, 11) is 0. The molecule has 0 radical (unpaired) electrons. The van der Waals surface area contributed by atoms with Gasteiger partial charge in [-0.1, -0.05) is 24.3 Å². The van der Waals surface area contributed by atoms with Crippen molar-refractivity contribution in [1.82, 2.24) is 9.80 Å². The van der Waals surface area contributed by atoms with E-state index in [1.165, 1.54) is 4.90 Å². The first kappa shape index (κ1) is 17.7. The van der Waals surface area contributed by atoms with E-state index in [2.05, 4.69) is 0 Å². The minimum atomic E-state index is -0.280. The van der Waals surface area contributed by atoms with E-state index < -0.39 is 0 Å². The predicted octanol–water partition coefficient (Wildman–Crippen LogP) is 2.17. The fraction of sp³-hybridized carbons (Fsp3) is 0.381. The SMILES string of the molecule is NCC1CCCN1C(=O)CCCN1C(=O)c2cccc3cccc(c23)C1=O. The van der Waals surface area contributed by atoms with Crippen molar-refractivity contribution < 1.29 is 14.4 Å². The zero-order valence-corrected chi connectivity index (χ0v) is 15.2. The highest BCUT2D eigenvalue weighted by Crippen LogP contribution is 2.30. The lowest BCUT2D eigenvalue weighted by Gasteiger charge is -2.28. The zero-order chi connectivity index (χ0) is 19.0. The van der Waals surface area contributed by atoms with Crippen LogP contribution in [0.4, 0.5) is 0 Å². The van der Waals surface area contributed by atoms with Crippen molar-refractivity contribution in [2.45, 2.75) is 31.7 Å². The Bertz CT molecular complexity index is 873. The number of benzene rings is 2. The quantitative estimate of drug-likeness (QED) is 0.823. The molecule has 3 amide bonds. The van der Waals surface area contributed by atoms with Crippen molar-refractivity contribution in [1.29, 1.82) is 0 Å². The summed E-state index contributed by atoms with van der Waals surface area (Å²) in [5, 5.41) is 1.62. The van der Waals surface area contributed by atoms with Gasteiger partial charge in [-0.05, 0) is 36.8 Å². The highest BCUT2D eigenvalue weighted by molar-refractivity contribution is 6.25. The molecule has 0 spiro atoms. The molecule has 1 fully saturated rings. The first-order valence-corrected chi connectivity index (χ1v) is 9.49. The van der Waals surface area contributed by atoms with Gasteiger partial charge >= 0.3 is 0 Å². The number of amides is 3. The van der Waals surface area contributed by atoms with Crippen molar-refractivity contribution >= 4 is 28.5 Å². The molecule has 2 heterocycles. The van der Waals surface area contributed by atoms with Crippen LogP contribution in [0, 0.1) is 0 Å². The van der Waals surface area contributed by atoms with Crippen LogP contribution >= 0.6 is 0 Å². The van der Waals surface area contributed by atoms with Crippen molar-refractivity contribution in [2.75, 3.05) is 19.6 Å². The lowest BCUT2D eigenvalue weighted by atomic mass is 9.94. The Morgan fingerprint density at radius 2 is 1.74 bits per heavy atom. The number of carbonyl (C=O) groups excluding carboxylic acids is 3. The molecule has 6 heteroatoms. The Morgan fingerprint density at radius 1 is 1.07 bits per heavy atom. The molecule has 2 aromatic carbocycles. The van der Waals surface area contributed by atoms with E-state index in [4.69, 9.17) is 5.73 Å². The van der Waals surface area contributed by atoms with E-state index in [0.717, 1.165) is 30.2 Å². The highest BCUT2D eigenvalue weighted by Gasteiger charge is 2.33. The Balaban J connectivity index is 1.47. The maximum Gasteiger partial charge on any atom is 0.261 e. The van der Waals surface area contributed by atoms with Gasteiger partial charge in [0.05, 0.1) is 0 Å². The molecule has 0 aliphatic carbocycles. The van der Waals surface area contributed by atoms with Gasteiger partial charge in [-0.25, -0.2) is 0 Å². The van der Waals surface area contributed by atoms with E-state index in [0.29, 0.717) is 30.5 Å². The van der Waals surface area contributed by atoms with E-state index >= 15 is 0 Å². The van der Waals surface area contributed by atoms with Crippen LogP contribution in [0.5, 0.6) is 0 Å². The van der Waals surface area contributed by atoms with Crippen molar-refractivity contribution in [3.63, 3.8) is 0 Å². The molecule has 140 valence electrons. The van der Waals surface area contributed by atoms with Crippen LogP contribution in [0.2, 0.25) is 0 Å². The summed E-state index contributed by atoms with van der Waals surface area (Å²) in [6.45, 7) is 1.47. The van der Waals surface area contributed by atoms with Gasteiger partial charge in [-0.3, -0.25) is 19.3 Å². The molecule has 4 rings (SSSR count). The number of rotatable bonds is 5. The van der Waals surface area contributed by atoms with Crippen LogP contribution in [0.15, 0.2) is 36.4 Å². The van der Waals surface area contributed by atoms with E-state index in [9.17, 15) is 14.4 Å². The van der Waals surface area contributed by atoms with Gasteiger partial charge in [0.2, 0.25) is 5.91 Å². The first-order valence-electron chi connectivity index (χ1n) is 9.49. The van der Waals surface area contributed by atoms with E-state index in [1.54, 1.807) is 12.1 Å². The second kappa shape index (κ2) is 7.12. The number of hydrogen-bond donors (Lipinski definition) is 1. The maximum absolute atomic E-state index is 12.8. The summed E-state index contributed by atoms with van der Waals surface area (Å²) < 4.78 is 0. The molecule has 2 N–H and O–H groups in total. The van der Waals surface area contributed by atoms with Gasteiger partial charge in [0, 0.05) is 48.6 Å². The summed E-state index contributed by atoms with van der Waals surface area (Å²) in [6.07, 6.45) is 2.71.